The lowest BCUT2D eigenvalue weighted by Crippen LogP contribution is -2.44. The van der Waals surface area contributed by atoms with E-state index in [2.05, 4.69) is 11.1 Å². The van der Waals surface area contributed by atoms with E-state index in [1.807, 2.05) is 18.2 Å². The molecule has 6 heteroatoms. The fourth-order valence-corrected chi connectivity index (χ4v) is 5.14. The Morgan fingerprint density at radius 2 is 2.03 bits per heavy atom. The first-order valence-corrected chi connectivity index (χ1v) is 10.4. The lowest BCUT2D eigenvalue weighted by molar-refractivity contribution is 0.0696. The molecule has 146 valence electrons. The van der Waals surface area contributed by atoms with Gasteiger partial charge < -0.3 is 5.11 Å². The lowest BCUT2D eigenvalue weighted by Gasteiger charge is -2.40. The standard InChI is InChI=1S/C23H20ClN3O2/c24-20-11-17(7-4-16(20)12-25)27-22(13-2-1-3-13)19-9-5-14-10-15(23(28)29)6-8-18(14)21(19)26-27/h4,6-8,10-11,13,19,22H,1-3,5,9H2,(H,28,29)/t19-,22-/m0/s1. The smallest absolute Gasteiger partial charge is 0.335 e. The maximum absolute atomic E-state index is 11.3. The minimum atomic E-state index is -0.899. The molecule has 0 unspecified atom stereocenters. The van der Waals surface area contributed by atoms with Gasteiger partial charge >= 0.3 is 5.97 Å². The molecule has 1 saturated carbocycles. The number of hydrogen-bond donors (Lipinski definition) is 1. The van der Waals surface area contributed by atoms with Crippen molar-refractivity contribution in [2.45, 2.75) is 38.1 Å². The zero-order valence-electron chi connectivity index (χ0n) is 15.8. The maximum Gasteiger partial charge on any atom is 0.335 e. The molecule has 3 aliphatic rings. The van der Waals surface area contributed by atoms with Gasteiger partial charge in [-0.25, -0.2) is 4.79 Å². The minimum Gasteiger partial charge on any atom is -0.478 e. The van der Waals surface area contributed by atoms with E-state index in [4.69, 9.17) is 16.7 Å². The van der Waals surface area contributed by atoms with Gasteiger partial charge in [-0.2, -0.15) is 10.4 Å². The quantitative estimate of drug-likeness (QED) is 0.790. The van der Waals surface area contributed by atoms with Crippen LogP contribution in [0.3, 0.4) is 0 Å². The fourth-order valence-electron chi connectivity index (χ4n) is 4.92. The Morgan fingerprint density at radius 3 is 2.69 bits per heavy atom. The predicted molar refractivity (Wildman–Crippen MR) is 112 cm³/mol. The summed E-state index contributed by atoms with van der Waals surface area (Å²) in [5, 5.41) is 26.1. The Hall–Kier alpha value is -2.84. The number of aryl methyl sites for hydroxylation is 1. The Balaban J connectivity index is 1.58. The number of nitriles is 1. The summed E-state index contributed by atoms with van der Waals surface area (Å²) in [5.41, 5.74) is 4.89. The number of anilines is 1. The van der Waals surface area contributed by atoms with Gasteiger partial charge in [-0.15, -0.1) is 0 Å². The van der Waals surface area contributed by atoms with Crippen LogP contribution in [0, 0.1) is 23.2 Å². The van der Waals surface area contributed by atoms with Crippen LogP contribution < -0.4 is 5.01 Å². The van der Waals surface area contributed by atoms with E-state index in [0.29, 0.717) is 28.0 Å². The zero-order chi connectivity index (χ0) is 20.1. The summed E-state index contributed by atoms with van der Waals surface area (Å²) in [7, 11) is 0. The molecule has 1 N–H and O–H groups in total. The van der Waals surface area contributed by atoms with Crippen LogP contribution >= 0.6 is 11.6 Å². The maximum atomic E-state index is 11.3. The van der Waals surface area contributed by atoms with Crippen LogP contribution in [0.4, 0.5) is 5.69 Å². The van der Waals surface area contributed by atoms with Crippen molar-refractivity contribution in [1.82, 2.24) is 0 Å². The van der Waals surface area contributed by atoms with E-state index in [-0.39, 0.29) is 6.04 Å². The van der Waals surface area contributed by atoms with Gasteiger partial charge in [-0.3, -0.25) is 5.01 Å². The number of benzene rings is 2. The first-order valence-electron chi connectivity index (χ1n) is 10.0. The van der Waals surface area contributed by atoms with Gasteiger partial charge in [0.25, 0.3) is 0 Å². The molecule has 5 rings (SSSR count). The van der Waals surface area contributed by atoms with Crippen LogP contribution in [0.25, 0.3) is 0 Å². The van der Waals surface area contributed by atoms with Crippen LogP contribution in [0.1, 0.15) is 52.7 Å². The number of hydrogen-bond acceptors (Lipinski definition) is 4. The Labute approximate surface area is 174 Å². The third kappa shape index (κ3) is 2.90. The third-order valence-electron chi connectivity index (χ3n) is 6.58. The molecule has 0 radical (unpaired) electrons. The van der Waals surface area contributed by atoms with Crippen LogP contribution in [0.15, 0.2) is 41.5 Å². The number of carboxylic acids is 1. The normalized spacial score (nSPS) is 22.9. The molecule has 2 aromatic carbocycles. The van der Waals surface area contributed by atoms with Crippen LogP contribution in [0.2, 0.25) is 5.02 Å². The summed E-state index contributed by atoms with van der Waals surface area (Å²) in [6, 6.07) is 13.3. The van der Waals surface area contributed by atoms with Crippen molar-refractivity contribution in [3.05, 3.63) is 63.7 Å². The highest BCUT2D eigenvalue weighted by Crippen LogP contribution is 2.46. The molecule has 0 spiro atoms. The number of carboxylic acid groups (broad SMARTS) is 1. The van der Waals surface area contributed by atoms with Crippen LogP contribution in [0.5, 0.6) is 0 Å². The van der Waals surface area contributed by atoms with Crippen molar-refractivity contribution >= 4 is 29.0 Å². The van der Waals surface area contributed by atoms with Gasteiger partial charge in [0.2, 0.25) is 0 Å². The van der Waals surface area contributed by atoms with E-state index < -0.39 is 5.97 Å². The molecule has 1 fully saturated rings. The summed E-state index contributed by atoms with van der Waals surface area (Å²) in [4.78, 5) is 11.3. The second-order valence-electron chi connectivity index (χ2n) is 8.11. The third-order valence-corrected chi connectivity index (χ3v) is 6.90. The van der Waals surface area contributed by atoms with Gasteiger partial charge in [0.05, 0.1) is 33.6 Å². The average Bonchev–Trinajstić information content (AvgIpc) is 3.05. The van der Waals surface area contributed by atoms with Gasteiger partial charge in [-0.1, -0.05) is 24.1 Å². The highest BCUT2D eigenvalue weighted by atomic mass is 35.5. The van der Waals surface area contributed by atoms with E-state index in [1.165, 1.54) is 19.3 Å². The number of nitrogens with zero attached hydrogens (tertiary/aromatic N) is 3. The number of aromatic carboxylic acids is 1. The van der Waals surface area contributed by atoms with Gasteiger partial charge in [0, 0.05) is 11.5 Å². The molecule has 29 heavy (non-hydrogen) atoms. The zero-order valence-corrected chi connectivity index (χ0v) is 16.6. The SMILES string of the molecule is N#Cc1ccc(N2N=C3c4ccc(C(=O)O)cc4CC[C@@H]3[C@@H]2C2CCC2)cc1Cl. The lowest BCUT2D eigenvalue weighted by atomic mass is 9.69. The van der Waals surface area contributed by atoms with E-state index >= 15 is 0 Å². The first-order chi connectivity index (χ1) is 14.1. The van der Waals surface area contributed by atoms with Crippen LogP contribution in [-0.4, -0.2) is 22.8 Å². The summed E-state index contributed by atoms with van der Waals surface area (Å²) in [6.07, 6.45) is 5.50. The molecule has 0 aromatic heterocycles. The van der Waals surface area contributed by atoms with E-state index in [1.54, 1.807) is 18.2 Å². The largest absolute Gasteiger partial charge is 0.478 e. The number of hydrazone groups is 1. The second-order valence-corrected chi connectivity index (χ2v) is 8.52. The average molecular weight is 406 g/mol. The van der Waals surface area contributed by atoms with Crippen molar-refractivity contribution in [3.8, 4) is 6.07 Å². The number of fused-ring (bicyclic) bond motifs is 3. The molecule has 5 nitrogen and oxygen atoms in total. The number of carbonyl (C=O) groups is 1. The molecule has 0 saturated heterocycles. The molecule has 1 heterocycles. The topological polar surface area (TPSA) is 76.7 Å². The molecular weight excluding hydrogens is 386 g/mol. The Kier molecular flexibility index (Phi) is 4.33. The summed E-state index contributed by atoms with van der Waals surface area (Å²) in [6.45, 7) is 0. The van der Waals surface area contributed by atoms with Crippen molar-refractivity contribution in [2.75, 3.05) is 5.01 Å². The molecule has 1 aliphatic heterocycles. The highest BCUT2D eigenvalue weighted by Gasteiger charge is 2.46. The van der Waals surface area contributed by atoms with Gasteiger partial charge in [0.15, 0.2) is 0 Å². The van der Waals surface area contributed by atoms with Crippen molar-refractivity contribution in [3.63, 3.8) is 0 Å². The van der Waals surface area contributed by atoms with E-state index in [9.17, 15) is 15.2 Å². The minimum absolute atomic E-state index is 0.287. The van der Waals surface area contributed by atoms with E-state index in [0.717, 1.165) is 35.4 Å². The number of rotatable bonds is 3. The summed E-state index contributed by atoms with van der Waals surface area (Å²) < 4.78 is 0. The van der Waals surface area contributed by atoms with Crippen molar-refractivity contribution in [2.24, 2.45) is 16.9 Å². The second kappa shape index (κ2) is 6.89. The summed E-state index contributed by atoms with van der Waals surface area (Å²) >= 11 is 6.31. The molecule has 2 aromatic rings. The van der Waals surface area contributed by atoms with Crippen molar-refractivity contribution < 1.29 is 9.90 Å². The molecule has 2 aliphatic carbocycles. The molecule has 0 amide bonds. The monoisotopic (exact) mass is 405 g/mol. The van der Waals surface area contributed by atoms with Crippen LogP contribution in [-0.2, 0) is 6.42 Å². The Bertz CT molecular complexity index is 1080. The fraction of sp³-hybridized carbons (Fsp3) is 0.348. The molecule has 0 bridgehead atoms. The number of halogens is 1. The van der Waals surface area contributed by atoms with Gasteiger partial charge in [-0.05, 0) is 67.5 Å². The first kappa shape index (κ1) is 18.2. The summed E-state index contributed by atoms with van der Waals surface area (Å²) in [5.74, 6) is 0.0258. The van der Waals surface area contributed by atoms with Gasteiger partial charge in [0.1, 0.15) is 6.07 Å². The molecular formula is C23H20ClN3O2. The Morgan fingerprint density at radius 1 is 1.21 bits per heavy atom. The highest BCUT2D eigenvalue weighted by molar-refractivity contribution is 6.32. The van der Waals surface area contributed by atoms with Crippen molar-refractivity contribution in [1.29, 1.82) is 5.26 Å². The predicted octanol–water partition coefficient (Wildman–Crippen LogP) is 4.87. The molecule has 2 atom stereocenters.